The van der Waals surface area contributed by atoms with E-state index in [1.807, 2.05) is 0 Å². The van der Waals surface area contributed by atoms with Gasteiger partial charge in [0.05, 0.1) is 47.3 Å². The number of rotatable bonds is 3. The lowest BCUT2D eigenvalue weighted by Gasteiger charge is -2.45. The van der Waals surface area contributed by atoms with Crippen molar-refractivity contribution in [3.8, 4) is 22.9 Å². The van der Waals surface area contributed by atoms with Gasteiger partial charge in [0.15, 0.2) is 17.6 Å². The van der Waals surface area contributed by atoms with Gasteiger partial charge in [0.1, 0.15) is 11.4 Å². The standard InChI is InChI=1S/C58H41N4O/c1-62(2)52-29-14-13-28-51(52)60(38-17-4-3-5-18-38)57(62)37-31-33-39(34-32-37)59-48-25-10-6-20-41(48)43-35-36-47-56(55(43)59)63-53-30-15-9-23-45(53)58(47)44-22-8-12-27-50(44)61-49-26-11-7-19-40(49)42-21-16-24-46(58)54(42)61/h3-36,57H,1-2H3/q+1. The van der Waals surface area contributed by atoms with Gasteiger partial charge < -0.3 is 13.9 Å². The summed E-state index contributed by atoms with van der Waals surface area (Å²) in [5, 5.41) is 4.88. The van der Waals surface area contributed by atoms with Crippen LogP contribution < -0.4 is 14.1 Å². The summed E-state index contributed by atoms with van der Waals surface area (Å²) in [4.78, 5) is 2.51. The minimum Gasteiger partial charge on any atom is -0.454 e. The monoisotopic (exact) mass is 809 g/mol. The second kappa shape index (κ2) is 12.4. The molecule has 0 N–H and O–H groups in total. The van der Waals surface area contributed by atoms with Gasteiger partial charge in [0.2, 0.25) is 0 Å². The molecule has 63 heavy (non-hydrogen) atoms. The second-order valence-corrected chi connectivity index (χ2v) is 17.8. The predicted molar refractivity (Wildman–Crippen MR) is 258 cm³/mol. The van der Waals surface area contributed by atoms with E-state index in [0.29, 0.717) is 4.48 Å². The number of hydrogen-bond acceptors (Lipinski definition) is 2. The zero-order valence-electron chi connectivity index (χ0n) is 34.9. The summed E-state index contributed by atoms with van der Waals surface area (Å²) in [5.74, 6) is 1.77. The van der Waals surface area contributed by atoms with Gasteiger partial charge >= 0.3 is 0 Å². The Bertz CT molecular complexity index is 3710. The van der Waals surface area contributed by atoms with Crippen LogP contribution in [-0.4, -0.2) is 23.2 Å². The fourth-order valence-corrected chi connectivity index (χ4v) is 12.0. The zero-order chi connectivity index (χ0) is 41.6. The maximum Gasteiger partial charge on any atom is 0.200 e. The number of quaternary nitrogens is 1. The van der Waals surface area contributed by atoms with Crippen LogP contribution in [0.15, 0.2) is 206 Å². The van der Waals surface area contributed by atoms with Crippen molar-refractivity contribution in [3.05, 3.63) is 234 Å². The molecule has 2 atom stereocenters. The summed E-state index contributed by atoms with van der Waals surface area (Å²) in [7, 11) is 4.65. The highest BCUT2D eigenvalue weighted by molar-refractivity contribution is 6.14. The van der Waals surface area contributed by atoms with Crippen molar-refractivity contribution in [2.24, 2.45) is 0 Å². The van der Waals surface area contributed by atoms with Crippen LogP contribution in [0.3, 0.4) is 0 Å². The number of para-hydroxylation sites is 8. The van der Waals surface area contributed by atoms with Gasteiger partial charge in [-0.1, -0.05) is 133 Å². The lowest BCUT2D eigenvalue weighted by atomic mass is 9.61. The van der Waals surface area contributed by atoms with Crippen molar-refractivity contribution in [2.45, 2.75) is 11.6 Å². The van der Waals surface area contributed by atoms with Gasteiger partial charge in [0.25, 0.3) is 0 Å². The molecule has 3 aliphatic rings. The van der Waals surface area contributed by atoms with E-state index in [2.05, 4.69) is 234 Å². The highest BCUT2D eigenvalue weighted by Gasteiger charge is 2.51. The van der Waals surface area contributed by atoms with Crippen LogP contribution in [0.1, 0.15) is 34.0 Å². The quantitative estimate of drug-likeness (QED) is 0.166. The molecule has 0 bridgehead atoms. The largest absolute Gasteiger partial charge is 0.454 e. The summed E-state index contributed by atoms with van der Waals surface area (Å²) in [6.45, 7) is 0. The Hall–Kier alpha value is -7.86. The van der Waals surface area contributed by atoms with Gasteiger partial charge in [-0.3, -0.25) is 9.38 Å². The molecule has 2 aromatic heterocycles. The van der Waals surface area contributed by atoms with Crippen LogP contribution in [0.25, 0.3) is 55.0 Å². The first-order valence-electron chi connectivity index (χ1n) is 21.9. The van der Waals surface area contributed by atoms with E-state index >= 15 is 0 Å². The molecule has 0 aliphatic carbocycles. The Balaban J connectivity index is 1.04. The third-order valence-electron chi connectivity index (χ3n) is 14.4. The van der Waals surface area contributed by atoms with Crippen molar-refractivity contribution < 1.29 is 4.74 Å². The molecule has 2 unspecified atom stereocenters. The van der Waals surface area contributed by atoms with Crippen LogP contribution >= 0.6 is 0 Å². The van der Waals surface area contributed by atoms with E-state index in [-0.39, 0.29) is 6.17 Å². The maximum absolute atomic E-state index is 7.36. The van der Waals surface area contributed by atoms with Crippen molar-refractivity contribution in [2.75, 3.05) is 19.0 Å². The lowest BCUT2D eigenvalue weighted by molar-refractivity contribution is 0.325. The van der Waals surface area contributed by atoms with Crippen molar-refractivity contribution in [1.29, 1.82) is 0 Å². The Morgan fingerprint density at radius 1 is 0.429 bits per heavy atom. The van der Waals surface area contributed by atoms with E-state index in [4.69, 9.17) is 4.74 Å². The Labute approximate surface area is 365 Å². The molecular weight excluding hydrogens is 769 g/mol. The Kier molecular flexibility index (Phi) is 6.84. The number of hydrogen-bond donors (Lipinski definition) is 0. The second-order valence-electron chi connectivity index (χ2n) is 17.8. The summed E-state index contributed by atoms with van der Waals surface area (Å²) in [5.41, 5.74) is 16.1. The summed E-state index contributed by atoms with van der Waals surface area (Å²) in [6, 6.07) is 76.0. The molecule has 9 aromatic carbocycles. The average Bonchev–Trinajstić information content (AvgIpc) is 3.94. The topological polar surface area (TPSA) is 22.3 Å². The first kappa shape index (κ1) is 34.8. The fourth-order valence-electron chi connectivity index (χ4n) is 12.0. The molecule has 5 heterocycles. The lowest BCUT2D eigenvalue weighted by Crippen LogP contribution is -2.45. The molecular formula is C58H41N4O+. The minimum atomic E-state index is -0.661. The molecule has 5 nitrogen and oxygen atoms in total. The normalized spacial score (nSPS) is 17.8. The fraction of sp³-hybridized carbons (Fsp3) is 0.0690. The molecule has 14 rings (SSSR count). The van der Waals surface area contributed by atoms with Gasteiger partial charge in [-0.25, -0.2) is 0 Å². The van der Waals surface area contributed by atoms with Crippen LogP contribution in [0, 0.1) is 0 Å². The third-order valence-corrected chi connectivity index (χ3v) is 14.4. The number of benzene rings is 9. The molecule has 0 fully saturated rings. The first-order valence-corrected chi connectivity index (χ1v) is 21.9. The van der Waals surface area contributed by atoms with Gasteiger partial charge in [0, 0.05) is 55.7 Å². The number of ether oxygens (including phenoxy) is 1. The van der Waals surface area contributed by atoms with E-state index in [1.165, 1.54) is 72.0 Å². The van der Waals surface area contributed by atoms with Gasteiger partial charge in [-0.15, -0.1) is 0 Å². The number of fused-ring (bicyclic) bond motifs is 16. The highest BCUT2D eigenvalue weighted by Crippen LogP contribution is 2.62. The zero-order valence-corrected chi connectivity index (χ0v) is 34.9. The van der Waals surface area contributed by atoms with Gasteiger partial charge in [-0.2, -0.15) is 0 Å². The molecule has 5 heteroatoms. The highest BCUT2D eigenvalue weighted by atomic mass is 16.5. The van der Waals surface area contributed by atoms with Crippen LogP contribution in [0.2, 0.25) is 0 Å². The summed E-state index contributed by atoms with van der Waals surface area (Å²) >= 11 is 0. The molecule has 3 aliphatic heterocycles. The van der Waals surface area contributed by atoms with E-state index in [0.717, 1.165) is 39.3 Å². The SMILES string of the molecule is C[N+]1(C)c2ccccc2N(c2ccccc2)C1c1ccc(-n2c3ccccc3c3ccc4c(c32)Oc2ccccc2C42c3ccccc3-n3c4ccccc4c4cccc2c43)cc1. The Morgan fingerprint density at radius 2 is 1.03 bits per heavy atom. The first-order chi connectivity index (χ1) is 31.0. The maximum atomic E-state index is 7.36. The average molecular weight is 810 g/mol. The van der Waals surface area contributed by atoms with E-state index in [1.54, 1.807) is 0 Å². The Morgan fingerprint density at radius 3 is 1.83 bits per heavy atom. The van der Waals surface area contributed by atoms with Crippen LogP contribution in [0.5, 0.6) is 11.5 Å². The third kappa shape index (κ3) is 4.34. The van der Waals surface area contributed by atoms with Gasteiger partial charge in [-0.05, 0) is 77.9 Å². The van der Waals surface area contributed by atoms with Crippen molar-refractivity contribution in [3.63, 3.8) is 0 Å². The number of nitrogens with zero attached hydrogens (tertiary/aromatic N) is 4. The van der Waals surface area contributed by atoms with Crippen molar-refractivity contribution >= 4 is 60.7 Å². The van der Waals surface area contributed by atoms with Crippen molar-refractivity contribution in [1.82, 2.24) is 13.6 Å². The molecule has 298 valence electrons. The minimum absolute atomic E-state index is 0.0362. The molecule has 11 aromatic rings. The molecule has 0 radical (unpaired) electrons. The van der Waals surface area contributed by atoms with E-state index in [9.17, 15) is 0 Å². The number of aromatic nitrogens is 2. The predicted octanol–water partition coefficient (Wildman–Crippen LogP) is 14.1. The van der Waals surface area contributed by atoms with E-state index < -0.39 is 5.41 Å². The van der Waals surface area contributed by atoms with Crippen LogP contribution in [0.4, 0.5) is 17.1 Å². The smallest absolute Gasteiger partial charge is 0.200 e. The molecule has 0 saturated heterocycles. The molecule has 1 spiro atoms. The molecule has 0 amide bonds. The van der Waals surface area contributed by atoms with Crippen LogP contribution in [-0.2, 0) is 5.41 Å². The summed E-state index contributed by atoms with van der Waals surface area (Å²) < 4.78 is 13.0. The number of anilines is 2. The molecule has 0 saturated carbocycles. The summed E-state index contributed by atoms with van der Waals surface area (Å²) in [6.07, 6.45) is 0.0362.